The number of aliphatic hydroxyl groups is 3. The Morgan fingerprint density at radius 3 is 2.48 bits per heavy atom. The number of phenols is 1. The number of aliphatic hydroxyl groups excluding tert-OH is 2. The summed E-state index contributed by atoms with van der Waals surface area (Å²) >= 11 is 0. The predicted octanol–water partition coefficient (Wildman–Crippen LogP) is 8.57. The summed E-state index contributed by atoms with van der Waals surface area (Å²) in [6.45, 7) is 14.3. The van der Waals surface area contributed by atoms with E-state index in [0.29, 0.717) is 76.2 Å². The molecule has 15 unspecified atom stereocenters. The van der Waals surface area contributed by atoms with Crippen molar-refractivity contribution < 1.29 is 34.8 Å². The zero-order valence-electron chi connectivity index (χ0n) is 41.6. The Labute approximate surface area is 399 Å². The Morgan fingerprint density at radius 1 is 0.955 bits per heavy atom. The maximum Gasteiger partial charge on any atom is 0.159 e. The van der Waals surface area contributed by atoms with Crippen LogP contribution in [0, 0.1) is 45.3 Å². The molecule has 8 fully saturated rings. The normalized spacial score (nSPS) is 44.5. The van der Waals surface area contributed by atoms with Crippen molar-refractivity contribution in [1.82, 2.24) is 10.6 Å². The van der Waals surface area contributed by atoms with Crippen molar-refractivity contribution in [3.63, 3.8) is 0 Å². The van der Waals surface area contributed by atoms with Gasteiger partial charge in [0.1, 0.15) is 17.6 Å². The molecule has 15 atom stereocenters. The van der Waals surface area contributed by atoms with Crippen molar-refractivity contribution >= 4 is 17.3 Å². The highest BCUT2D eigenvalue weighted by molar-refractivity contribution is 6.01. The third kappa shape index (κ3) is 6.97. The molecule has 2 saturated heterocycles. The van der Waals surface area contributed by atoms with Gasteiger partial charge in [-0.05, 0) is 185 Å². The third-order valence-electron chi connectivity index (χ3n) is 21.0. The van der Waals surface area contributed by atoms with Crippen LogP contribution in [0.3, 0.4) is 0 Å². The quantitative estimate of drug-likeness (QED) is 0.0854. The molecule has 8 N–H and O–H groups in total. The van der Waals surface area contributed by atoms with Crippen LogP contribution in [0.4, 0.5) is 5.69 Å². The highest BCUT2D eigenvalue weighted by Crippen LogP contribution is 2.80. The van der Waals surface area contributed by atoms with Gasteiger partial charge in [-0.2, -0.15) is 0 Å². The van der Waals surface area contributed by atoms with Crippen molar-refractivity contribution in [1.29, 1.82) is 0 Å². The zero-order valence-corrected chi connectivity index (χ0v) is 41.6. The van der Waals surface area contributed by atoms with Crippen LogP contribution in [0.25, 0.3) is 0 Å². The number of anilines is 1. The SMILES string of the molecule is CNCc1cc(O)cc(C23CCC45CC6(CCO)C(CCC7=C(C(C)CC(O)C8OC8(C)C8CCCC8c8cccc(N)c8)C(=O)CC76C)C(C)(C2)C4C(C)(CCCCC(C)(O)CN5)C3=O)c1. The first-order chi connectivity index (χ1) is 31.7. The number of carbonyl (C=O) groups excluding carboxylic acids is 2. The van der Waals surface area contributed by atoms with Gasteiger partial charge in [0.05, 0.1) is 22.7 Å². The lowest BCUT2D eigenvalue weighted by molar-refractivity contribution is -0.227. The van der Waals surface area contributed by atoms with E-state index in [1.54, 1.807) is 6.07 Å². The van der Waals surface area contributed by atoms with Crippen LogP contribution in [0.1, 0.15) is 167 Å². The van der Waals surface area contributed by atoms with E-state index in [4.69, 9.17) is 10.5 Å². The highest BCUT2D eigenvalue weighted by atomic mass is 16.6. The molecule has 2 heterocycles. The lowest BCUT2D eigenvalue weighted by Gasteiger charge is -2.74. The number of hydrogen-bond donors (Lipinski definition) is 7. The lowest BCUT2D eigenvalue weighted by atomic mass is 9.30. The second-order valence-electron chi connectivity index (χ2n) is 25.0. The third-order valence-corrected chi connectivity index (χ3v) is 21.0. The minimum Gasteiger partial charge on any atom is -0.508 e. The lowest BCUT2D eigenvalue weighted by Crippen LogP contribution is -2.76. The second kappa shape index (κ2) is 16.2. The smallest absolute Gasteiger partial charge is 0.159 e. The standard InChI is InChI=1S/C57H81N3O7/c1-34(24-43(63)47-54(6,67-47)41-15-11-14-40(41)36-12-10-13-38(58)27-36)46-42-16-17-45-52(4)31-55(37-25-35(30-59-7)26-39(62)28-37)20-21-57(32-56(45,22-23-61)53(42,5)29-44(46)64)48(52)51(3,49(55)65)19-9-8-18-50(2,66)33-60-57/h10,12-13,25-28,34,40-41,43,45,47-48,59-63,66H,8-9,11,14-24,29-33,58H2,1-7H3. The highest BCUT2D eigenvalue weighted by Gasteiger charge is 2.79. The first-order valence-corrected chi connectivity index (χ1v) is 26.3. The molecule has 6 saturated carbocycles. The predicted molar refractivity (Wildman–Crippen MR) is 261 cm³/mol. The monoisotopic (exact) mass is 920 g/mol. The van der Waals surface area contributed by atoms with Gasteiger partial charge in [-0.1, -0.05) is 70.7 Å². The summed E-state index contributed by atoms with van der Waals surface area (Å²) in [4.78, 5) is 31.0. The van der Waals surface area contributed by atoms with Gasteiger partial charge < -0.3 is 41.5 Å². The van der Waals surface area contributed by atoms with E-state index in [2.05, 4.69) is 63.5 Å². The number of fused-ring (bicyclic) bond motifs is 4. The number of ketones is 2. The molecular weight excluding hydrogens is 839 g/mol. The Kier molecular flexibility index (Phi) is 11.5. The maximum atomic E-state index is 16.0. The van der Waals surface area contributed by atoms with E-state index >= 15 is 9.59 Å². The van der Waals surface area contributed by atoms with Gasteiger partial charge in [0.2, 0.25) is 0 Å². The van der Waals surface area contributed by atoms with Crippen LogP contribution in [-0.2, 0) is 26.3 Å². The molecule has 0 spiro atoms. The van der Waals surface area contributed by atoms with E-state index < -0.39 is 49.9 Å². The number of nitrogens with two attached hydrogens (primary N) is 1. The van der Waals surface area contributed by atoms with Gasteiger partial charge in [0.15, 0.2) is 5.78 Å². The summed E-state index contributed by atoms with van der Waals surface area (Å²) in [7, 11) is 1.90. The van der Waals surface area contributed by atoms with Crippen LogP contribution >= 0.6 is 0 Å². The number of ether oxygens (including phenoxy) is 1. The zero-order chi connectivity index (χ0) is 47.7. The molecule has 7 aliphatic carbocycles. The summed E-state index contributed by atoms with van der Waals surface area (Å²) in [6, 6.07) is 14.1. The average Bonchev–Trinajstić information content (AvgIpc) is 3.61. The largest absolute Gasteiger partial charge is 0.508 e. The number of nitrogens with one attached hydrogen (secondary N) is 2. The molecule has 366 valence electrons. The van der Waals surface area contributed by atoms with Gasteiger partial charge >= 0.3 is 0 Å². The molecule has 10 heteroatoms. The van der Waals surface area contributed by atoms with E-state index in [0.717, 1.165) is 73.8 Å². The molecule has 9 aliphatic rings. The fraction of sp³-hybridized carbons (Fsp3) is 0.719. The van der Waals surface area contributed by atoms with Crippen molar-refractivity contribution in [2.24, 2.45) is 45.3 Å². The maximum absolute atomic E-state index is 16.0. The van der Waals surface area contributed by atoms with Crippen molar-refractivity contribution in [2.75, 3.05) is 25.9 Å². The molecule has 0 amide bonds. The van der Waals surface area contributed by atoms with Gasteiger partial charge in [0, 0.05) is 48.2 Å². The van der Waals surface area contributed by atoms with Crippen LogP contribution in [0.15, 0.2) is 53.6 Å². The molecule has 2 aliphatic heterocycles. The van der Waals surface area contributed by atoms with Crippen LogP contribution in [0.5, 0.6) is 5.75 Å². The number of aromatic hydroxyl groups is 1. The topological polar surface area (TPSA) is 178 Å². The Hall–Kier alpha value is -3.12. The number of rotatable bonds is 11. The number of carbonyl (C=O) groups is 2. The van der Waals surface area contributed by atoms with E-state index in [1.165, 1.54) is 11.1 Å². The van der Waals surface area contributed by atoms with Crippen molar-refractivity contribution in [2.45, 2.75) is 191 Å². The molecule has 0 radical (unpaired) electrons. The summed E-state index contributed by atoms with van der Waals surface area (Å²) in [6.07, 6.45) is 10.9. The number of β-amino-alcohol motifs (C(OH)–C–C–N with tert-alkyl or cyclic N) is 1. The van der Waals surface area contributed by atoms with Gasteiger partial charge in [0.25, 0.3) is 0 Å². The molecule has 11 rings (SSSR count). The Bertz CT molecular complexity index is 2350. The van der Waals surface area contributed by atoms with Crippen LogP contribution < -0.4 is 16.4 Å². The first-order valence-electron chi connectivity index (χ1n) is 26.3. The van der Waals surface area contributed by atoms with Crippen LogP contribution in [0.2, 0.25) is 0 Å². The molecular formula is C57H81N3O7. The summed E-state index contributed by atoms with van der Waals surface area (Å²) in [5.74, 6) is 1.12. The Morgan fingerprint density at radius 2 is 1.73 bits per heavy atom. The number of nitrogen functional groups attached to an aromatic ring is 1. The average molecular weight is 920 g/mol. The van der Waals surface area contributed by atoms with Crippen molar-refractivity contribution in [3.8, 4) is 5.75 Å². The van der Waals surface area contributed by atoms with Crippen LogP contribution in [-0.4, -0.2) is 81.1 Å². The molecule has 67 heavy (non-hydrogen) atoms. The second-order valence-corrected chi connectivity index (χ2v) is 25.0. The number of Topliss-reactive ketones (excluding diaryl/α,β-unsaturated/α-hetero) is 2. The van der Waals surface area contributed by atoms with Crippen molar-refractivity contribution in [3.05, 3.63) is 70.3 Å². The molecule has 2 aromatic rings. The minimum atomic E-state index is -0.941. The summed E-state index contributed by atoms with van der Waals surface area (Å²) < 4.78 is 6.55. The number of allylic oxidation sites excluding steroid dienone is 2. The van der Waals surface area contributed by atoms with E-state index in [1.807, 2.05) is 32.2 Å². The number of hydrogen-bond acceptors (Lipinski definition) is 10. The number of benzene rings is 2. The van der Waals surface area contributed by atoms with Gasteiger partial charge in [-0.25, -0.2) is 0 Å². The van der Waals surface area contributed by atoms with Gasteiger partial charge in [-0.15, -0.1) is 0 Å². The molecule has 0 aromatic heterocycles. The van der Waals surface area contributed by atoms with E-state index in [9.17, 15) is 20.4 Å². The minimum absolute atomic E-state index is 0.0116. The number of epoxide rings is 1. The van der Waals surface area contributed by atoms with Gasteiger partial charge in [-0.3, -0.25) is 9.59 Å². The molecule has 5 bridgehead atoms. The molecule has 2 aromatic carbocycles. The summed E-state index contributed by atoms with van der Waals surface area (Å²) in [5, 5.41) is 54.3. The summed E-state index contributed by atoms with van der Waals surface area (Å²) in [5.41, 5.74) is 7.24. The fourth-order valence-electron chi connectivity index (χ4n) is 18.8. The molecule has 10 nitrogen and oxygen atoms in total. The first kappa shape index (κ1) is 47.6. The Balaban J connectivity index is 1.04. The van der Waals surface area contributed by atoms with E-state index in [-0.39, 0.29) is 47.9 Å². The number of phenolic OH excluding ortho intramolecular Hbond substituents is 1. The fourth-order valence-corrected chi connectivity index (χ4v) is 18.8.